The molecule has 0 fully saturated rings. The summed E-state index contributed by atoms with van der Waals surface area (Å²) in [5.41, 5.74) is 0.721. The number of anilines is 1. The van der Waals surface area contributed by atoms with E-state index >= 15 is 0 Å². The average molecular weight is 283 g/mol. The van der Waals surface area contributed by atoms with Crippen molar-refractivity contribution >= 4 is 27.4 Å². The monoisotopic (exact) mass is 282 g/mol. The van der Waals surface area contributed by atoms with Gasteiger partial charge in [0.05, 0.1) is 10.8 Å². The molecule has 0 atom stereocenters. The van der Waals surface area contributed by atoms with Gasteiger partial charge < -0.3 is 0 Å². The van der Waals surface area contributed by atoms with E-state index in [0.717, 1.165) is 5.56 Å². The first-order valence-corrected chi connectivity index (χ1v) is 7.24. The van der Waals surface area contributed by atoms with E-state index in [1.165, 1.54) is 12.3 Å². The van der Waals surface area contributed by atoms with Crippen LogP contribution >= 0.6 is 11.6 Å². The topological polar surface area (TPSA) is 59.1 Å². The van der Waals surface area contributed by atoms with E-state index in [4.69, 9.17) is 11.6 Å². The molecule has 1 aromatic heterocycles. The Morgan fingerprint density at radius 1 is 1.11 bits per heavy atom. The highest BCUT2D eigenvalue weighted by atomic mass is 35.5. The fourth-order valence-electron chi connectivity index (χ4n) is 1.43. The predicted octanol–water partition coefficient (Wildman–Crippen LogP) is 2.68. The molecular formula is C12H11ClN2O2S. The smallest absolute Gasteiger partial charge is 0.238 e. The number of halogens is 1. The van der Waals surface area contributed by atoms with Crippen molar-refractivity contribution in [3.63, 3.8) is 0 Å². The van der Waals surface area contributed by atoms with Gasteiger partial charge in [-0.05, 0) is 17.7 Å². The maximum atomic E-state index is 11.9. The highest BCUT2D eigenvalue weighted by Gasteiger charge is 2.11. The van der Waals surface area contributed by atoms with Crippen molar-refractivity contribution in [1.29, 1.82) is 0 Å². The van der Waals surface area contributed by atoms with Crippen molar-refractivity contribution in [2.45, 2.75) is 5.75 Å². The Morgan fingerprint density at radius 2 is 1.83 bits per heavy atom. The normalized spacial score (nSPS) is 11.2. The van der Waals surface area contributed by atoms with E-state index < -0.39 is 10.0 Å². The van der Waals surface area contributed by atoms with Crippen LogP contribution in [0.1, 0.15) is 5.56 Å². The van der Waals surface area contributed by atoms with Crippen molar-refractivity contribution in [3.8, 4) is 0 Å². The summed E-state index contributed by atoms with van der Waals surface area (Å²) in [6.07, 6.45) is 1.39. The number of aromatic nitrogens is 1. The molecule has 0 spiro atoms. The Labute approximate surface area is 111 Å². The molecule has 1 N–H and O–H groups in total. The number of rotatable bonds is 4. The first kappa shape index (κ1) is 12.9. The zero-order valence-corrected chi connectivity index (χ0v) is 10.9. The maximum Gasteiger partial charge on any atom is 0.238 e. The van der Waals surface area contributed by atoms with E-state index in [1.54, 1.807) is 30.3 Å². The molecule has 0 aliphatic heterocycles. The van der Waals surface area contributed by atoms with Gasteiger partial charge in [0.1, 0.15) is 5.82 Å². The van der Waals surface area contributed by atoms with Crippen LogP contribution in [-0.2, 0) is 15.8 Å². The van der Waals surface area contributed by atoms with Crippen LogP contribution in [0.2, 0.25) is 5.02 Å². The van der Waals surface area contributed by atoms with E-state index in [9.17, 15) is 8.42 Å². The summed E-state index contributed by atoms with van der Waals surface area (Å²) < 4.78 is 26.1. The van der Waals surface area contributed by atoms with Gasteiger partial charge in [-0.15, -0.1) is 0 Å². The zero-order chi connectivity index (χ0) is 13.0. The van der Waals surface area contributed by atoms with E-state index in [0.29, 0.717) is 5.02 Å². The van der Waals surface area contributed by atoms with Crippen LogP contribution in [-0.4, -0.2) is 13.4 Å². The van der Waals surface area contributed by atoms with Gasteiger partial charge in [0.25, 0.3) is 0 Å². The molecule has 18 heavy (non-hydrogen) atoms. The van der Waals surface area contributed by atoms with Crippen LogP contribution in [0.5, 0.6) is 0 Å². The number of hydrogen-bond acceptors (Lipinski definition) is 3. The second-order valence-corrected chi connectivity index (χ2v) is 5.87. The fourth-order valence-corrected chi connectivity index (χ4v) is 2.68. The molecule has 1 aromatic carbocycles. The molecule has 0 aliphatic rings. The Kier molecular flexibility index (Phi) is 3.84. The molecule has 6 heteroatoms. The minimum Gasteiger partial charge on any atom is -0.267 e. The van der Waals surface area contributed by atoms with Gasteiger partial charge in [-0.2, -0.15) is 0 Å². The third-order valence-corrected chi connectivity index (χ3v) is 3.64. The quantitative estimate of drug-likeness (QED) is 0.938. The van der Waals surface area contributed by atoms with E-state index in [2.05, 4.69) is 9.71 Å². The van der Waals surface area contributed by atoms with Crippen molar-refractivity contribution in [2.24, 2.45) is 0 Å². The number of nitrogens with zero attached hydrogens (tertiary/aromatic N) is 1. The van der Waals surface area contributed by atoms with Crippen LogP contribution in [0.3, 0.4) is 0 Å². The lowest BCUT2D eigenvalue weighted by Gasteiger charge is -2.07. The third kappa shape index (κ3) is 3.72. The summed E-state index contributed by atoms with van der Waals surface area (Å²) in [5, 5.41) is 0.459. The van der Waals surface area contributed by atoms with Crippen LogP contribution in [0.15, 0.2) is 48.7 Å². The average Bonchev–Trinajstić information content (AvgIpc) is 2.32. The largest absolute Gasteiger partial charge is 0.267 e. The van der Waals surface area contributed by atoms with Crippen LogP contribution in [0, 0.1) is 0 Å². The number of sulfonamides is 1. The number of hydrogen-bond donors (Lipinski definition) is 1. The molecule has 0 amide bonds. The van der Waals surface area contributed by atoms with E-state index in [1.807, 2.05) is 6.07 Å². The fraction of sp³-hybridized carbons (Fsp3) is 0.0833. The molecule has 94 valence electrons. The van der Waals surface area contributed by atoms with Crippen LogP contribution < -0.4 is 4.72 Å². The molecule has 4 nitrogen and oxygen atoms in total. The molecule has 0 aliphatic carbocycles. The Morgan fingerprint density at radius 3 is 2.44 bits per heavy atom. The second-order valence-electron chi connectivity index (χ2n) is 3.71. The van der Waals surface area contributed by atoms with Crippen molar-refractivity contribution < 1.29 is 8.42 Å². The van der Waals surface area contributed by atoms with E-state index in [-0.39, 0.29) is 11.6 Å². The Balaban J connectivity index is 2.10. The molecule has 0 saturated carbocycles. The summed E-state index contributed by atoms with van der Waals surface area (Å²) in [4.78, 5) is 3.88. The number of nitrogens with one attached hydrogen (secondary N) is 1. The van der Waals surface area contributed by atoms with Gasteiger partial charge in [0, 0.05) is 6.20 Å². The van der Waals surface area contributed by atoms with Crippen LogP contribution in [0.25, 0.3) is 0 Å². The molecular weight excluding hydrogens is 272 g/mol. The molecule has 2 aromatic rings. The predicted molar refractivity (Wildman–Crippen MR) is 71.9 cm³/mol. The molecule has 1 heterocycles. The summed E-state index contributed by atoms with van der Waals surface area (Å²) in [7, 11) is -3.46. The summed E-state index contributed by atoms with van der Waals surface area (Å²) in [6.45, 7) is 0. The van der Waals surface area contributed by atoms with Crippen molar-refractivity contribution in [2.75, 3.05) is 4.72 Å². The highest BCUT2D eigenvalue weighted by Crippen LogP contribution is 2.13. The first-order chi connectivity index (χ1) is 8.55. The Hall–Kier alpha value is -1.59. The summed E-state index contributed by atoms with van der Waals surface area (Å²) in [6, 6.07) is 12.0. The first-order valence-electron chi connectivity index (χ1n) is 5.21. The lowest BCUT2D eigenvalue weighted by molar-refractivity contribution is 0.600. The summed E-state index contributed by atoms with van der Waals surface area (Å²) in [5.74, 6) is 0.174. The zero-order valence-electron chi connectivity index (χ0n) is 9.38. The van der Waals surface area contributed by atoms with Gasteiger partial charge in [0.15, 0.2) is 0 Å². The van der Waals surface area contributed by atoms with Gasteiger partial charge >= 0.3 is 0 Å². The molecule has 0 radical (unpaired) electrons. The Bertz CT molecular complexity index is 612. The van der Waals surface area contributed by atoms with Gasteiger partial charge in [-0.1, -0.05) is 41.9 Å². The van der Waals surface area contributed by atoms with Crippen molar-refractivity contribution in [1.82, 2.24) is 4.98 Å². The molecule has 0 bridgehead atoms. The highest BCUT2D eigenvalue weighted by molar-refractivity contribution is 7.91. The lowest BCUT2D eigenvalue weighted by Crippen LogP contribution is -2.15. The SMILES string of the molecule is O=S(=O)(Cc1ccccc1)Nc1ccc(Cl)cn1. The van der Waals surface area contributed by atoms with Gasteiger partial charge in [-0.3, -0.25) is 4.72 Å². The van der Waals surface area contributed by atoms with Crippen molar-refractivity contribution in [3.05, 3.63) is 59.2 Å². The van der Waals surface area contributed by atoms with Gasteiger partial charge in [-0.25, -0.2) is 13.4 Å². The van der Waals surface area contributed by atoms with Crippen LogP contribution in [0.4, 0.5) is 5.82 Å². The maximum absolute atomic E-state index is 11.9. The van der Waals surface area contributed by atoms with Gasteiger partial charge in [0.2, 0.25) is 10.0 Å². The minimum absolute atomic E-state index is 0.0852. The third-order valence-electron chi connectivity index (χ3n) is 2.19. The second kappa shape index (κ2) is 5.37. The molecule has 2 rings (SSSR count). The molecule has 0 saturated heterocycles. The number of benzene rings is 1. The standard InChI is InChI=1S/C12H11ClN2O2S/c13-11-6-7-12(14-8-11)15-18(16,17)9-10-4-2-1-3-5-10/h1-8H,9H2,(H,14,15). The number of pyridine rings is 1. The lowest BCUT2D eigenvalue weighted by atomic mass is 10.2. The summed E-state index contributed by atoms with van der Waals surface area (Å²) >= 11 is 5.67. The molecule has 0 unspecified atom stereocenters. The minimum atomic E-state index is -3.46.